The van der Waals surface area contributed by atoms with E-state index < -0.39 is 11.7 Å². The van der Waals surface area contributed by atoms with Crippen molar-refractivity contribution in [2.45, 2.75) is 6.18 Å². The van der Waals surface area contributed by atoms with Gasteiger partial charge in [-0.15, -0.1) is 0 Å². The van der Waals surface area contributed by atoms with Gasteiger partial charge in [-0.1, -0.05) is 48.5 Å². The van der Waals surface area contributed by atoms with Crippen LogP contribution in [0.1, 0.15) is 5.56 Å². The van der Waals surface area contributed by atoms with E-state index in [9.17, 15) is 13.2 Å². The molecule has 0 radical (unpaired) electrons. The average molecular weight is 349 g/mol. The van der Waals surface area contributed by atoms with Gasteiger partial charge in [0.05, 0.1) is 11.1 Å². The Kier molecular flexibility index (Phi) is 3.96. The third-order valence-electron chi connectivity index (χ3n) is 4.37. The minimum Gasteiger partial charge on any atom is -0.256 e. The summed E-state index contributed by atoms with van der Waals surface area (Å²) in [6.45, 7) is 0. The number of nitrogens with zero attached hydrogens (tertiary/aromatic N) is 1. The minimum atomic E-state index is -4.31. The van der Waals surface area contributed by atoms with Crippen LogP contribution in [-0.4, -0.2) is 4.98 Å². The molecule has 4 aromatic rings. The summed E-state index contributed by atoms with van der Waals surface area (Å²) in [4.78, 5) is 4.31. The number of aromatic nitrogens is 1. The standard InChI is InChI=1S/C22H14F3N/c23-22(24,25)20-10-7-16(8-11-20)15-3-5-17(6-4-15)18-9-12-21-19(14-18)2-1-13-26-21/h1-14H. The van der Waals surface area contributed by atoms with E-state index in [1.807, 2.05) is 48.5 Å². The van der Waals surface area contributed by atoms with Crippen molar-refractivity contribution >= 4 is 10.9 Å². The molecule has 0 unspecified atom stereocenters. The van der Waals surface area contributed by atoms with Crippen molar-refractivity contribution in [3.05, 3.63) is 90.6 Å². The number of halogens is 3. The molecule has 0 aliphatic heterocycles. The van der Waals surface area contributed by atoms with Crippen LogP contribution in [0.5, 0.6) is 0 Å². The van der Waals surface area contributed by atoms with E-state index in [0.717, 1.165) is 45.3 Å². The zero-order valence-electron chi connectivity index (χ0n) is 13.7. The van der Waals surface area contributed by atoms with Gasteiger partial charge in [0.25, 0.3) is 0 Å². The van der Waals surface area contributed by atoms with Gasteiger partial charge in [-0.25, -0.2) is 0 Å². The molecule has 0 spiro atoms. The van der Waals surface area contributed by atoms with E-state index in [2.05, 4.69) is 11.1 Å². The van der Waals surface area contributed by atoms with Gasteiger partial charge in [-0.2, -0.15) is 13.2 Å². The fourth-order valence-electron chi connectivity index (χ4n) is 2.96. The Morgan fingerprint density at radius 1 is 0.615 bits per heavy atom. The number of benzene rings is 3. The van der Waals surface area contributed by atoms with Crippen molar-refractivity contribution in [2.24, 2.45) is 0 Å². The van der Waals surface area contributed by atoms with Crippen LogP contribution < -0.4 is 0 Å². The van der Waals surface area contributed by atoms with Gasteiger partial charge in [0.2, 0.25) is 0 Å². The van der Waals surface area contributed by atoms with Gasteiger partial charge in [0.15, 0.2) is 0 Å². The van der Waals surface area contributed by atoms with Gasteiger partial charge in [0.1, 0.15) is 0 Å². The van der Waals surface area contributed by atoms with E-state index >= 15 is 0 Å². The average Bonchev–Trinajstić information content (AvgIpc) is 2.67. The smallest absolute Gasteiger partial charge is 0.256 e. The Balaban J connectivity index is 1.63. The van der Waals surface area contributed by atoms with Crippen molar-refractivity contribution < 1.29 is 13.2 Å². The summed E-state index contributed by atoms with van der Waals surface area (Å²) in [5, 5.41) is 1.07. The van der Waals surface area contributed by atoms with E-state index in [1.54, 1.807) is 6.20 Å². The van der Waals surface area contributed by atoms with Gasteiger partial charge >= 0.3 is 6.18 Å². The number of hydrogen-bond acceptors (Lipinski definition) is 1. The molecule has 0 fully saturated rings. The van der Waals surface area contributed by atoms with Gasteiger partial charge < -0.3 is 0 Å². The van der Waals surface area contributed by atoms with Crippen LogP contribution in [0.3, 0.4) is 0 Å². The summed E-state index contributed by atoms with van der Waals surface area (Å²) < 4.78 is 38.0. The van der Waals surface area contributed by atoms with Crippen LogP contribution in [-0.2, 0) is 6.18 Å². The van der Waals surface area contributed by atoms with Crippen LogP contribution in [0.4, 0.5) is 13.2 Å². The first kappa shape index (κ1) is 16.3. The molecule has 26 heavy (non-hydrogen) atoms. The third-order valence-corrected chi connectivity index (χ3v) is 4.37. The fourth-order valence-corrected chi connectivity index (χ4v) is 2.96. The number of pyridine rings is 1. The lowest BCUT2D eigenvalue weighted by Crippen LogP contribution is -2.03. The maximum Gasteiger partial charge on any atom is 0.416 e. The molecule has 0 atom stereocenters. The molecule has 0 saturated heterocycles. The predicted molar refractivity (Wildman–Crippen MR) is 97.6 cm³/mol. The second kappa shape index (κ2) is 6.30. The molecule has 0 amide bonds. The normalized spacial score (nSPS) is 11.7. The van der Waals surface area contributed by atoms with Crippen molar-refractivity contribution in [1.29, 1.82) is 0 Å². The summed E-state index contributed by atoms with van der Waals surface area (Å²) in [7, 11) is 0. The van der Waals surface area contributed by atoms with Crippen molar-refractivity contribution in [3.63, 3.8) is 0 Å². The van der Waals surface area contributed by atoms with Crippen LogP contribution >= 0.6 is 0 Å². The fraction of sp³-hybridized carbons (Fsp3) is 0.0455. The first-order valence-electron chi connectivity index (χ1n) is 8.13. The van der Waals surface area contributed by atoms with Crippen molar-refractivity contribution in [3.8, 4) is 22.3 Å². The van der Waals surface area contributed by atoms with Crippen LogP contribution in [0.25, 0.3) is 33.2 Å². The first-order chi connectivity index (χ1) is 12.5. The first-order valence-corrected chi connectivity index (χ1v) is 8.13. The maximum atomic E-state index is 12.7. The zero-order chi connectivity index (χ0) is 18.1. The van der Waals surface area contributed by atoms with Crippen molar-refractivity contribution in [2.75, 3.05) is 0 Å². The molecule has 1 aromatic heterocycles. The monoisotopic (exact) mass is 349 g/mol. The molecular formula is C22H14F3N. The molecule has 0 aliphatic carbocycles. The topological polar surface area (TPSA) is 12.9 Å². The van der Waals surface area contributed by atoms with Crippen LogP contribution in [0, 0.1) is 0 Å². The van der Waals surface area contributed by atoms with Gasteiger partial charge in [-0.05, 0) is 52.6 Å². The lowest BCUT2D eigenvalue weighted by Gasteiger charge is -2.09. The molecule has 0 aliphatic rings. The SMILES string of the molecule is FC(F)(F)c1ccc(-c2ccc(-c3ccc4ncccc4c3)cc2)cc1. The van der Waals surface area contributed by atoms with E-state index in [1.165, 1.54) is 12.1 Å². The summed E-state index contributed by atoms with van der Waals surface area (Å²) in [6, 6.07) is 23.0. The third kappa shape index (κ3) is 3.18. The van der Waals surface area contributed by atoms with Crippen molar-refractivity contribution in [1.82, 2.24) is 4.98 Å². The van der Waals surface area contributed by atoms with E-state index in [4.69, 9.17) is 0 Å². The molecular weight excluding hydrogens is 335 g/mol. The highest BCUT2D eigenvalue weighted by Gasteiger charge is 2.29. The number of alkyl halides is 3. The Bertz CT molecular complexity index is 1050. The molecule has 4 heteroatoms. The van der Waals surface area contributed by atoms with Gasteiger partial charge in [0, 0.05) is 11.6 Å². The van der Waals surface area contributed by atoms with Gasteiger partial charge in [-0.3, -0.25) is 4.98 Å². The molecule has 1 heterocycles. The molecule has 0 N–H and O–H groups in total. The second-order valence-corrected chi connectivity index (χ2v) is 6.06. The lowest BCUT2D eigenvalue weighted by molar-refractivity contribution is -0.137. The largest absolute Gasteiger partial charge is 0.416 e. The summed E-state index contributed by atoms with van der Waals surface area (Å²) in [5.41, 5.74) is 4.06. The Morgan fingerprint density at radius 3 is 1.77 bits per heavy atom. The molecule has 0 saturated carbocycles. The zero-order valence-corrected chi connectivity index (χ0v) is 13.7. The molecule has 128 valence electrons. The molecule has 4 rings (SSSR count). The number of fused-ring (bicyclic) bond motifs is 1. The van der Waals surface area contributed by atoms with E-state index in [0.29, 0.717) is 0 Å². The summed E-state index contributed by atoms with van der Waals surface area (Å²) in [6.07, 6.45) is -2.55. The minimum absolute atomic E-state index is 0.636. The van der Waals surface area contributed by atoms with Crippen LogP contribution in [0.2, 0.25) is 0 Å². The second-order valence-electron chi connectivity index (χ2n) is 6.06. The quantitative estimate of drug-likeness (QED) is 0.398. The Morgan fingerprint density at radius 2 is 1.15 bits per heavy atom. The maximum absolute atomic E-state index is 12.7. The highest BCUT2D eigenvalue weighted by molar-refractivity contribution is 5.84. The molecule has 0 bridgehead atoms. The van der Waals surface area contributed by atoms with E-state index in [-0.39, 0.29) is 0 Å². The highest BCUT2D eigenvalue weighted by atomic mass is 19.4. The molecule has 3 aromatic carbocycles. The number of rotatable bonds is 2. The van der Waals surface area contributed by atoms with Crippen LogP contribution in [0.15, 0.2) is 85.1 Å². The lowest BCUT2D eigenvalue weighted by atomic mass is 9.99. The Hall–Kier alpha value is -3.14. The predicted octanol–water partition coefficient (Wildman–Crippen LogP) is 6.59. The molecule has 1 nitrogen and oxygen atoms in total. The number of hydrogen-bond donors (Lipinski definition) is 0. The summed E-state index contributed by atoms with van der Waals surface area (Å²) >= 11 is 0. The highest BCUT2D eigenvalue weighted by Crippen LogP contribution is 2.32. The Labute approximate surface area is 148 Å². The summed E-state index contributed by atoms with van der Waals surface area (Å²) in [5.74, 6) is 0.